The fourth-order valence-electron chi connectivity index (χ4n) is 4.90. The van der Waals surface area contributed by atoms with Crippen molar-refractivity contribution in [1.29, 1.82) is 0 Å². The van der Waals surface area contributed by atoms with Crippen LogP contribution in [0.3, 0.4) is 0 Å². The average molecular weight is 450 g/mol. The maximum Gasteiger partial charge on any atom is 0.258 e. The number of anilines is 1. The van der Waals surface area contributed by atoms with E-state index in [-0.39, 0.29) is 36.2 Å². The van der Waals surface area contributed by atoms with Crippen molar-refractivity contribution >= 4 is 23.4 Å². The first-order chi connectivity index (χ1) is 15.9. The molecule has 0 radical (unpaired) electrons. The predicted molar refractivity (Wildman–Crippen MR) is 126 cm³/mol. The first kappa shape index (κ1) is 22.8. The number of carbonyl (C=O) groups is 3. The number of hydrogen-bond acceptors (Lipinski definition) is 4. The van der Waals surface area contributed by atoms with Gasteiger partial charge in [0.15, 0.2) is 0 Å². The maximum atomic E-state index is 13.7. The molecule has 1 saturated heterocycles. The summed E-state index contributed by atoms with van der Waals surface area (Å²) in [6.07, 6.45) is 3.50. The summed E-state index contributed by atoms with van der Waals surface area (Å²) in [7, 11) is 1.52. The van der Waals surface area contributed by atoms with Gasteiger partial charge in [-0.15, -0.1) is 0 Å². The second-order valence-electron chi connectivity index (χ2n) is 8.95. The maximum absolute atomic E-state index is 13.7. The van der Waals surface area contributed by atoms with Crippen molar-refractivity contribution in [1.82, 2.24) is 10.2 Å². The molecule has 2 fully saturated rings. The summed E-state index contributed by atoms with van der Waals surface area (Å²) in [5, 5.41) is 5.97. The fraction of sp³-hybridized carbons (Fsp3) is 0.423. The van der Waals surface area contributed by atoms with Gasteiger partial charge in [0.05, 0.1) is 25.1 Å². The number of aryl methyl sites for hydroxylation is 2. The predicted octanol–water partition coefficient (Wildman–Crippen LogP) is 3.59. The number of benzene rings is 2. The Hall–Kier alpha value is -3.35. The lowest BCUT2D eigenvalue weighted by Gasteiger charge is -2.48. The van der Waals surface area contributed by atoms with E-state index >= 15 is 0 Å². The van der Waals surface area contributed by atoms with E-state index in [9.17, 15) is 14.4 Å². The summed E-state index contributed by atoms with van der Waals surface area (Å²) < 4.78 is 5.41. The highest BCUT2D eigenvalue weighted by atomic mass is 16.5. The van der Waals surface area contributed by atoms with Gasteiger partial charge in [0, 0.05) is 11.7 Å². The molecule has 2 N–H and O–H groups in total. The number of nitrogens with zero attached hydrogens (tertiary/aromatic N) is 1. The normalized spacial score (nSPS) is 22.2. The first-order valence-electron chi connectivity index (χ1n) is 11.5. The van der Waals surface area contributed by atoms with Gasteiger partial charge in [0.25, 0.3) is 5.91 Å². The lowest BCUT2D eigenvalue weighted by molar-refractivity contribution is -0.135. The second-order valence-corrected chi connectivity index (χ2v) is 8.95. The minimum Gasteiger partial charge on any atom is -0.496 e. The van der Waals surface area contributed by atoms with Gasteiger partial charge >= 0.3 is 0 Å². The molecular formula is C26H31N3O4. The van der Waals surface area contributed by atoms with Crippen LogP contribution in [0.1, 0.15) is 53.6 Å². The van der Waals surface area contributed by atoms with Crippen LogP contribution in [-0.4, -0.2) is 47.9 Å². The third kappa shape index (κ3) is 4.72. The molecule has 3 atom stereocenters. The first-order valence-corrected chi connectivity index (χ1v) is 11.5. The Balaban J connectivity index is 1.62. The number of para-hydroxylation sites is 1. The van der Waals surface area contributed by atoms with E-state index in [1.165, 1.54) is 7.11 Å². The number of piperazine rings is 1. The molecule has 174 valence electrons. The molecule has 7 heteroatoms. The topological polar surface area (TPSA) is 87.7 Å². The minimum absolute atomic E-state index is 0.0935. The summed E-state index contributed by atoms with van der Waals surface area (Å²) >= 11 is 0. The number of methoxy groups -OCH3 is 1. The molecule has 2 aliphatic rings. The van der Waals surface area contributed by atoms with Gasteiger partial charge in [-0.1, -0.05) is 31.0 Å². The van der Waals surface area contributed by atoms with E-state index in [4.69, 9.17) is 4.74 Å². The Morgan fingerprint density at radius 1 is 1.09 bits per heavy atom. The summed E-state index contributed by atoms with van der Waals surface area (Å²) in [5.41, 5.74) is 3.29. The quantitative estimate of drug-likeness (QED) is 0.730. The zero-order valence-corrected chi connectivity index (χ0v) is 19.4. The van der Waals surface area contributed by atoms with Gasteiger partial charge in [-0.2, -0.15) is 0 Å². The number of amides is 3. The van der Waals surface area contributed by atoms with Crippen LogP contribution in [0.2, 0.25) is 0 Å². The van der Waals surface area contributed by atoms with Crippen LogP contribution in [0.15, 0.2) is 42.5 Å². The minimum atomic E-state index is -0.881. The van der Waals surface area contributed by atoms with E-state index < -0.39 is 6.04 Å². The standard InChI is InChI=1S/C26H31N3O4/c1-16-12-13-18(14-17(16)2)27-24(30)15-22-25(31)28-20-9-5-6-10-21(20)29(22)26(32)19-8-4-7-11-23(19)33-3/h4,7-8,11-14,20-22H,5-6,9-10,15H2,1-3H3,(H,27,30)(H,28,31)/t20-,21-,22+/m0/s1. The van der Waals surface area contributed by atoms with Crippen LogP contribution in [0.4, 0.5) is 5.69 Å². The number of ether oxygens (including phenoxy) is 1. The van der Waals surface area contributed by atoms with Gasteiger partial charge in [-0.05, 0) is 62.1 Å². The van der Waals surface area contributed by atoms with Crippen molar-refractivity contribution < 1.29 is 19.1 Å². The summed E-state index contributed by atoms with van der Waals surface area (Å²) in [5.74, 6) is -0.399. The molecule has 33 heavy (non-hydrogen) atoms. The van der Waals surface area contributed by atoms with Crippen molar-refractivity contribution in [3.05, 3.63) is 59.2 Å². The number of nitrogens with one attached hydrogen (secondary N) is 2. The van der Waals surface area contributed by atoms with Crippen molar-refractivity contribution in [2.24, 2.45) is 0 Å². The Morgan fingerprint density at radius 2 is 1.85 bits per heavy atom. The van der Waals surface area contributed by atoms with Gasteiger partial charge in [-0.3, -0.25) is 14.4 Å². The van der Waals surface area contributed by atoms with Crippen LogP contribution >= 0.6 is 0 Å². The molecule has 1 heterocycles. The van der Waals surface area contributed by atoms with Crippen molar-refractivity contribution in [3.63, 3.8) is 0 Å². The second kappa shape index (κ2) is 9.65. The SMILES string of the molecule is COc1ccccc1C(=O)N1[C@H](CC(=O)Nc2ccc(C)c(C)c2)C(=O)N[C@H]2CCCC[C@@H]21. The highest BCUT2D eigenvalue weighted by Crippen LogP contribution is 2.32. The molecule has 0 unspecified atom stereocenters. The summed E-state index contributed by atoms with van der Waals surface area (Å²) in [6, 6.07) is 11.6. The zero-order chi connectivity index (χ0) is 23.5. The number of rotatable bonds is 5. The molecule has 1 saturated carbocycles. The Labute approximate surface area is 194 Å². The van der Waals surface area contributed by atoms with Crippen molar-refractivity contribution in [2.45, 2.75) is 64.1 Å². The molecule has 0 aromatic heterocycles. The van der Waals surface area contributed by atoms with Crippen LogP contribution in [-0.2, 0) is 9.59 Å². The van der Waals surface area contributed by atoms with E-state index in [0.717, 1.165) is 36.8 Å². The average Bonchev–Trinajstić information content (AvgIpc) is 2.81. The number of fused-ring (bicyclic) bond motifs is 1. The van der Waals surface area contributed by atoms with Crippen LogP contribution < -0.4 is 15.4 Å². The van der Waals surface area contributed by atoms with Gasteiger partial charge < -0.3 is 20.3 Å². The molecular weight excluding hydrogens is 418 g/mol. The van der Waals surface area contributed by atoms with Crippen molar-refractivity contribution in [3.8, 4) is 5.75 Å². The Bertz CT molecular complexity index is 1070. The van der Waals surface area contributed by atoms with E-state index in [1.807, 2.05) is 32.0 Å². The molecule has 2 aromatic carbocycles. The molecule has 0 spiro atoms. The van der Waals surface area contributed by atoms with E-state index in [0.29, 0.717) is 17.0 Å². The third-order valence-electron chi connectivity index (χ3n) is 6.79. The number of hydrogen-bond donors (Lipinski definition) is 2. The molecule has 2 aromatic rings. The molecule has 7 nitrogen and oxygen atoms in total. The monoisotopic (exact) mass is 449 g/mol. The van der Waals surface area contributed by atoms with Gasteiger partial charge in [0.1, 0.15) is 11.8 Å². The van der Waals surface area contributed by atoms with E-state index in [1.54, 1.807) is 29.2 Å². The Morgan fingerprint density at radius 3 is 2.61 bits per heavy atom. The summed E-state index contributed by atoms with van der Waals surface area (Å²) in [4.78, 5) is 41.5. The Kier molecular flexibility index (Phi) is 6.67. The van der Waals surface area contributed by atoms with Crippen LogP contribution in [0.5, 0.6) is 5.75 Å². The summed E-state index contributed by atoms with van der Waals surface area (Å²) in [6.45, 7) is 3.99. The van der Waals surface area contributed by atoms with Crippen LogP contribution in [0.25, 0.3) is 0 Å². The van der Waals surface area contributed by atoms with Gasteiger partial charge in [-0.25, -0.2) is 0 Å². The number of carbonyl (C=O) groups excluding carboxylic acids is 3. The highest BCUT2D eigenvalue weighted by molar-refractivity contribution is 6.03. The van der Waals surface area contributed by atoms with E-state index in [2.05, 4.69) is 10.6 Å². The molecule has 1 aliphatic carbocycles. The fourth-order valence-corrected chi connectivity index (χ4v) is 4.90. The van der Waals surface area contributed by atoms with Crippen LogP contribution in [0, 0.1) is 13.8 Å². The third-order valence-corrected chi connectivity index (χ3v) is 6.79. The lowest BCUT2D eigenvalue weighted by Crippen LogP contribution is -2.68. The molecule has 0 bridgehead atoms. The molecule has 3 amide bonds. The zero-order valence-electron chi connectivity index (χ0n) is 19.4. The smallest absolute Gasteiger partial charge is 0.258 e. The lowest BCUT2D eigenvalue weighted by atomic mass is 9.84. The van der Waals surface area contributed by atoms with Gasteiger partial charge in [0.2, 0.25) is 11.8 Å². The molecule has 1 aliphatic heterocycles. The largest absolute Gasteiger partial charge is 0.496 e. The molecule has 4 rings (SSSR count). The van der Waals surface area contributed by atoms with Crippen molar-refractivity contribution in [2.75, 3.05) is 12.4 Å². The highest BCUT2D eigenvalue weighted by Gasteiger charge is 2.46.